The molecule has 7 rings (SSSR count). The van der Waals surface area contributed by atoms with Gasteiger partial charge in [0.05, 0.1) is 11.5 Å². The Morgan fingerprint density at radius 3 is 2.02 bits per heavy atom. The van der Waals surface area contributed by atoms with Crippen LogP contribution in [0.1, 0.15) is 122 Å². The predicted octanol–water partition coefficient (Wildman–Crippen LogP) is 10.2. The molecule has 0 fully saturated rings. The second kappa shape index (κ2) is 11.0. The van der Waals surface area contributed by atoms with Crippen LogP contribution in [0.15, 0.2) is 66.7 Å². The standard InChI is InChI=1S/C43H52N3O/c1-12-42(13-2)43(47-11,45-27(7)8)34-24-33(25(3)4)30-20-16-17-21-31(30)35(34)39-37-38(44-40(26(5)6)46(39)42)32-23-22-28-18-14-15-19-29(28)36(32)41(37,9)10/h14-27,45H,12-13H2,1-11H3/q+1. The van der Waals surface area contributed by atoms with E-state index in [2.05, 4.69) is 146 Å². The summed E-state index contributed by atoms with van der Waals surface area (Å²) in [6, 6.07) is 25.2. The van der Waals surface area contributed by atoms with E-state index in [1.165, 1.54) is 60.6 Å². The second-order valence-corrected chi connectivity index (χ2v) is 15.4. The Kier molecular flexibility index (Phi) is 7.46. The summed E-state index contributed by atoms with van der Waals surface area (Å²) >= 11 is 0. The van der Waals surface area contributed by atoms with Crippen molar-refractivity contribution in [2.75, 3.05) is 7.11 Å². The van der Waals surface area contributed by atoms with Gasteiger partial charge in [0.15, 0.2) is 17.0 Å². The largest absolute Gasteiger partial charge is 0.355 e. The quantitative estimate of drug-likeness (QED) is 0.144. The first-order valence-electron chi connectivity index (χ1n) is 17.8. The Balaban J connectivity index is 1.78. The molecule has 1 unspecified atom stereocenters. The molecule has 0 saturated heterocycles. The fourth-order valence-electron chi connectivity index (χ4n) is 9.53. The van der Waals surface area contributed by atoms with Crippen molar-refractivity contribution >= 4 is 21.5 Å². The maximum atomic E-state index is 7.02. The zero-order valence-corrected chi connectivity index (χ0v) is 30.3. The molecule has 4 heteroatoms. The number of hydrogen-bond donors (Lipinski definition) is 1. The number of nitrogens with one attached hydrogen (secondary N) is 1. The molecule has 1 aromatic heterocycles. The number of rotatable bonds is 7. The molecule has 0 radical (unpaired) electrons. The molecule has 0 amide bonds. The number of nitrogens with zero attached hydrogens (tertiary/aromatic N) is 2. The first kappa shape index (κ1) is 32.0. The fourth-order valence-corrected chi connectivity index (χ4v) is 9.53. The minimum atomic E-state index is -0.785. The lowest BCUT2D eigenvalue weighted by Crippen LogP contribution is -2.77. The van der Waals surface area contributed by atoms with Crippen LogP contribution in [0.4, 0.5) is 0 Å². The molecule has 2 heterocycles. The van der Waals surface area contributed by atoms with Crippen LogP contribution in [0.25, 0.3) is 44.1 Å². The van der Waals surface area contributed by atoms with E-state index < -0.39 is 11.3 Å². The SMILES string of the molecule is CCC1(CC)[n+]2c(C(C)C)nc3c(c2-c2c(cc(C(C)C)c4ccccc24)C1(NC(C)C)OC)C(C)(C)c1c-3ccc2ccccc12. The predicted molar refractivity (Wildman–Crippen MR) is 196 cm³/mol. The van der Waals surface area contributed by atoms with Gasteiger partial charge in [-0.2, -0.15) is 0 Å². The average Bonchev–Trinajstić information content (AvgIpc) is 3.29. The minimum Gasteiger partial charge on any atom is -0.355 e. The first-order valence-corrected chi connectivity index (χ1v) is 17.8. The lowest BCUT2D eigenvalue weighted by atomic mass is 9.67. The number of benzene rings is 4. The van der Waals surface area contributed by atoms with Crippen molar-refractivity contribution in [1.29, 1.82) is 0 Å². The van der Waals surface area contributed by atoms with E-state index in [9.17, 15) is 0 Å². The van der Waals surface area contributed by atoms with Crippen molar-refractivity contribution in [2.45, 2.75) is 117 Å². The van der Waals surface area contributed by atoms with E-state index in [-0.39, 0.29) is 17.4 Å². The smallest absolute Gasteiger partial charge is 0.302 e. The molecule has 47 heavy (non-hydrogen) atoms. The van der Waals surface area contributed by atoms with Crippen molar-refractivity contribution in [1.82, 2.24) is 10.3 Å². The maximum Gasteiger partial charge on any atom is 0.302 e. The van der Waals surface area contributed by atoms with Crippen LogP contribution in [-0.4, -0.2) is 18.1 Å². The van der Waals surface area contributed by atoms with Crippen molar-refractivity contribution in [3.63, 3.8) is 0 Å². The summed E-state index contributed by atoms with van der Waals surface area (Å²) in [6.45, 7) is 23.3. The van der Waals surface area contributed by atoms with E-state index in [1.807, 2.05) is 7.11 Å². The lowest BCUT2D eigenvalue weighted by Gasteiger charge is -2.53. The molecule has 0 saturated carbocycles. The minimum absolute atomic E-state index is 0.188. The van der Waals surface area contributed by atoms with Gasteiger partial charge in [-0.25, -0.2) is 4.57 Å². The molecule has 1 atom stereocenters. The van der Waals surface area contributed by atoms with Gasteiger partial charge in [0, 0.05) is 35.3 Å². The zero-order valence-electron chi connectivity index (χ0n) is 30.3. The van der Waals surface area contributed by atoms with E-state index in [1.54, 1.807) is 0 Å². The molecule has 5 aromatic rings. The highest BCUT2D eigenvalue weighted by Crippen LogP contribution is 2.59. The van der Waals surface area contributed by atoms with Gasteiger partial charge in [-0.1, -0.05) is 110 Å². The summed E-state index contributed by atoms with van der Waals surface area (Å²) in [5.41, 5.74) is 8.81. The number of fused-ring (bicyclic) bond motifs is 11. The van der Waals surface area contributed by atoms with Crippen molar-refractivity contribution < 1.29 is 9.30 Å². The molecule has 1 aliphatic heterocycles. The maximum absolute atomic E-state index is 7.02. The molecule has 1 N–H and O–H groups in total. The fraction of sp³-hybridized carbons (Fsp3) is 0.442. The van der Waals surface area contributed by atoms with Gasteiger partial charge in [0.1, 0.15) is 5.69 Å². The highest BCUT2D eigenvalue weighted by molar-refractivity contribution is 6.04. The second-order valence-electron chi connectivity index (χ2n) is 15.4. The van der Waals surface area contributed by atoms with E-state index in [0.717, 1.165) is 24.4 Å². The molecular weight excluding hydrogens is 574 g/mol. The van der Waals surface area contributed by atoms with Crippen LogP contribution in [0.5, 0.6) is 0 Å². The van der Waals surface area contributed by atoms with E-state index in [4.69, 9.17) is 9.72 Å². The van der Waals surface area contributed by atoms with Gasteiger partial charge in [-0.3, -0.25) is 5.32 Å². The molecule has 0 bridgehead atoms. The summed E-state index contributed by atoms with van der Waals surface area (Å²) < 4.78 is 9.70. The Labute approximate surface area is 281 Å². The highest BCUT2D eigenvalue weighted by Gasteiger charge is 2.64. The van der Waals surface area contributed by atoms with Crippen LogP contribution in [0.3, 0.4) is 0 Å². The van der Waals surface area contributed by atoms with Gasteiger partial charge in [0.25, 0.3) is 0 Å². The number of methoxy groups -OCH3 is 1. The van der Waals surface area contributed by atoms with Crippen LogP contribution in [0, 0.1) is 0 Å². The number of aromatic nitrogens is 2. The van der Waals surface area contributed by atoms with E-state index in [0.29, 0.717) is 5.92 Å². The normalized spacial score (nSPS) is 19.0. The molecular formula is C43H52N3O+. The third-order valence-electron chi connectivity index (χ3n) is 11.5. The molecule has 244 valence electrons. The average molecular weight is 627 g/mol. The Hall–Kier alpha value is -3.60. The summed E-state index contributed by atoms with van der Waals surface area (Å²) in [4.78, 5) is 5.76. The van der Waals surface area contributed by atoms with Crippen molar-refractivity contribution in [3.8, 4) is 22.5 Å². The van der Waals surface area contributed by atoms with Gasteiger partial charge < -0.3 is 4.74 Å². The van der Waals surface area contributed by atoms with Crippen LogP contribution in [-0.2, 0) is 21.4 Å². The first-order chi connectivity index (χ1) is 22.4. The number of hydrogen-bond acceptors (Lipinski definition) is 3. The third-order valence-corrected chi connectivity index (χ3v) is 11.5. The summed E-state index contributed by atoms with van der Waals surface area (Å²) in [7, 11) is 1.91. The van der Waals surface area contributed by atoms with E-state index >= 15 is 0 Å². The molecule has 0 spiro atoms. The summed E-state index contributed by atoms with van der Waals surface area (Å²) in [5, 5.41) is 9.29. The molecule has 4 aromatic carbocycles. The Morgan fingerprint density at radius 2 is 1.43 bits per heavy atom. The summed E-state index contributed by atoms with van der Waals surface area (Å²) in [6.07, 6.45) is 1.77. The molecule has 4 nitrogen and oxygen atoms in total. The highest BCUT2D eigenvalue weighted by atomic mass is 16.5. The monoisotopic (exact) mass is 626 g/mol. The zero-order chi connectivity index (χ0) is 33.6. The van der Waals surface area contributed by atoms with Crippen LogP contribution < -0.4 is 9.88 Å². The molecule has 1 aliphatic carbocycles. The van der Waals surface area contributed by atoms with Gasteiger partial charge in [-0.15, -0.1) is 0 Å². The topological polar surface area (TPSA) is 38.0 Å². The van der Waals surface area contributed by atoms with Gasteiger partial charge in [0.2, 0.25) is 0 Å². The number of ether oxygens (including phenoxy) is 1. The Morgan fingerprint density at radius 1 is 0.787 bits per heavy atom. The van der Waals surface area contributed by atoms with Gasteiger partial charge in [-0.05, 0) is 82.4 Å². The van der Waals surface area contributed by atoms with Gasteiger partial charge >= 0.3 is 5.82 Å². The molecule has 2 aliphatic rings. The third kappa shape index (κ3) is 4.07. The van der Waals surface area contributed by atoms with Crippen molar-refractivity contribution in [3.05, 3.63) is 94.8 Å². The van der Waals surface area contributed by atoms with Crippen molar-refractivity contribution in [2.24, 2.45) is 0 Å². The Bertz CT molecular complexity index is 2050. The summed E-state index contributed by atoms with van der Waals surface area (Å²) in [5.74, 6) is 1.67. The van der Waals surface area contributed by atoms with Crippen LogP contribution in [0.2, 0.25) is 0 Å². The van der Waals surface area contributed by atoms with Crippen LogP contribution >= 0.6 is 0 Å². The lowest BCUT2D eigenvalue weighted by molar-refractivity contribution is -0.789.